The molecule has 2 unspecified atom stereocenters. The number of sulfone groups is 1. The minimum absolute atomic E-state index is 0.0838. The van der Waals surface area contributed by atoms with Gasteiger partial charge in [0, 0.05) is 12.6 Å². The van der Waals surface area contributed by atoms with Gasteiger partial charge >= 0.3 is 6.18 Å². The van der Waals surface area contributed by atoms with Crippen molar-refractivity contribution < 1.29 is 21.6 Å². The van der Waals surface area contributed by atoms with Crippen molar-refractivity contribution in [2.24, 2.45) is 0 Å². The first-order valence-corrected chi connectivity index (χ1v) is 7.54. The standard InChI is InChI=1S/C12H14F3NO2S/c1-8-6-16-11(7-19(8,17)18)9-2-4-10(5-3-9)12(13,14)15/h2-5,8,11,16H,6-7H2,1H3. The van der Waals surface area contributed by atoms with Crippen molar-refractivity contribution in [2.45, 2.75) is 24.4 Å². The Balaban J connectivity index is 2.20. The Hall–Kier alpha value is -1.08. The quantitative estimate of drug-likeness (QED) is 0.863. The van der Waals surface area contributed by atoms with E-state index in [0.29, 0.717) is 12.1 Å². The van der Waals surface area contributed by atoms with Crippen molar-refractivity contribution in [1.82, 2.24) is 5.32 Å². The van der Waals surface area contributed by atoms with E-state index >= 15 is 0 Å². The summed E-state index contributed by atoms with van der Waals surface area (Å²) in [4.78, 5) is 0. The van der Waals surface area contributed by atoms with Gasteiger partial charge in [-0.3, -0.25) is 0 Å². The SMILES string of the molecule is CC1CNC(c2ccc(C(F)(F)F)cc2)CS1(=O)=O. The smallest absolute Gasteiger partial charge is 0.308 e. The van der Waals surface area contributed by atoms with Crippen molar-refractivity contribution in [1.29, 1.82) is 0 Å². The third-order valence-electron chi connectivity index (χ3n) is 3.30. The Morgan fingerprint density at radius 1 is 1.21 bits per heavy atom. The van der Waals surface area contributed by atoms with E-state index in [4.69, 9.17) is 0 Å². The summed E-state index contributed by atoms with van der Waals surface area (Å²) < 4.78 is 60.8. The van der Waals surface area contributed by atoms with E-state index in [-0.39, 0.29) is 5.75 Å². The van der Waals surface area contributed by atoms with Gasteiger partial charge in [0.15, 0.2) is 9.84 Å². The predicted octanol–water partition coefficient (Wildman–Crippen LogP) is 2.15. The molecule has 7 heteroatoms. The molecule has 0 radical (unpaired) electrons. The highest BCUT2D eigenvalue weighted by Gasteiger charge is 2.33. The van der Waals surface area contributed by atoms with Gasteiger partial charge in [-0.2, -0.15) is 13.2 Å². The Morgan fingerprint density at radius 2 is 1.79 bits per heavy atom. The van der Waals surface area contributed by atoms with Crippen LogP contribution in [0.25, 0.3) is 0 Å². The summed E-state index contributed by atoms with van der Waals surface area (Å²) in [6, 6.07) is 4.16. The second-order valence-electron chi connectivity index (χ2n) is 4.72. The molecule has 19 heavy (non-hydrogen) atoms. The molecule has 3 nitrogen and oxygen atoms in total. The molecule has 0 aliphatic carbocycles. The molecule has 1 aliphatic heterocycles. The molecule has 1 aliphatic rings. The van der Waals surface area contributed by atoms with Crippen molar-refractivity contribution in [3.63, 3.8) is 0 Å². The maximum absolute atomic E-state index is 12.4. The predicted molar refractivity (Wildman–Crippen MR) is 65.4 cm³/mol. The summed E-state index contributed by atoms with van der Waals surface area (Å²) in [6.45, 7) is 1.93. The van der Waals surface area contributed by atoms with E-state index in [1.807, 2.05) is 0 Å². The molecule has 1 aromatic carbocycles. The third-order valence-corrected chi connectivity index (χ3v) is 5.49. The second-order valence-corrected chi connectivity index (χ2v) is 7.18. The van der Waals surface area contributed by atoms with Crippen LogP contribution in [-0.2, 0) is 16.0 Å². The number of alkyl halides is 3. The molecule has 1 fully saturated rings. The molecule has 0 aromatic heterocycles. The summed E-state index contributed by atoms with van der Waals surface area (Å²) in [5.74, 6) is -0.0838. The minimum Gasteiger partial charge on any atom is -0.308 e. The maximum atomic E-state index is 12.4. The van der Waals surface area contributed by atoms with Crippen LogP contribution in [0.1, 0.15) is 24.1 Å². The molecule has 2 atom stereocenters. The van der Waals surface area contributed by atoms with Gasteiger partial charge in [0.25, 0.3) is 0 Å². The summed E-state index contributed by atoms with van der Waals surface area (Å²) in [5, 5.41) is 2.58. The fraction of sp³-hybridized carbons (Fsp3) is 0.500. The van der Waals surface area contributed by atoms with Crippen molar-refractivity contribution >= 4 is 9.84 Å². The molecule has 2 rings (SSSR count). The van der Waals surface area contributed by atoms with Gasteiger partial charge in [0.05, 0.1) is 16.6 Å². The number of rotatable bonds is 1. The van der Waals surface area contributed by atoms with E-state index in [1.165, 1.54) is 12.1 Å². The van der Waals surface area contributed by atoms with Gasteiger partial charge in [-0.05, 0) is 24.6 Å². The van der Waals surface area contributed by atoms with E-state index in [9.17, 15) is 21.6 Å². The lowest BCUT2D eigenvalue weighted by atomic mass is 10.1. The first kappa shape index (κ1) is 14.3. The van der Waals surface area contributed by atoms with Gasteiger partial charge < -0.3 is 5.32 Å². The topological polar surface area (TPSA) is 46.2 Å². The fourth-order valence-electron chi connectivity index (χ4n) is 2.01. The first-order chi connectivity index (χ1) is 8.70. The largest absolute Gasteiger partial charge is 0.416 e. The molecular weight excluding hydrogens is 279 g/mol. The number of benzene rings is 1. The number of nitrogens with one attached hydrogen (secondary N) is 1. The normalized spacial score (nSPS) is 27.2. The zero-order chi connectivity index (χ0) is 14.3. The lowest BCUT2D eigenvalue weighted by Gasteiger charge is -2.28. The van der Waals surface area contributed by atoms with Crippen LogP contribution in [0.2, 0.25) is 0 Å². The summed E-state index contributed by atoms with van der Waals surface area (Å²) in [6.07, 6.45) is -4.38. The highest BCUT2D eigenvalue weighted by molar-refractivity contribution is 7.92. The lowest BCUT2D eigenvalue weighted by Crippen LogP contribution is -2.44. The van der Waals surface area contributed by atoms with Crippen LogP contribution < -0.4 is 5.32 Å². The number of hydrogen-bond donors (Lipinski definition) is 1. The molecule has 0 bridgehead atoms. The van der Waals surface area contributed by atoms with Crippen LogP contribution >= 0.6 is 0 Å². The zero-order valence-electron chi connectivity index (χ0n) is 10.2. The summed E-state index contributed by atoms with van der Waals surface area (Å²) in [5.41, 5.74) is -0.174. The van der Waals surface area contributed by atoms with Crippen molar-refractivity contribution in [3.05, 3.63) is 35.4 Å². The van der Waals surface area contributed by atoms with E-state index in [2.05, 4.69) is 5.32 Å². The Bertz CT molecular complexity index is 551. The lowest BCUT2D eigenvalue weighted by molar-refractivity contribution is -0.137. The maximum Gasteiger partial charge on any atom is 0.416 e. The fourth-order valence-corrected chi connectivity index (χ4v) is 3.46. The van der Waals surface area contributed by atoms with Gasteiger partial charge in [0.2, 0.25) is 0 Å². The first-order valence-electron chi connectivity index (χ1n) is 5.82. The highest BCUT2D eigenvalue weighted by Crippen LogP contribution is 2.30. The van der Waals surface area contributed by atoms with Gasteiger partial charge in [-0.25, -0.2) is 8.42 Å². The van der Waals surface area contributed by atoms with Gasteiger partial charge in [0.1, 0.15) is 0 Å². The highest BCUT2D eigenvalue weighted by atomic mass is 32.2. The molecule has 0 spiro atoms. The van der Waals surface area contributed by atoms with E-state index in [1.54, 1.807) is 6.92 Å². The molecule has 1 aromatic rings. The number of halogens is 3. The van der Waals surface area contributed by atoms with Gasteiger partial charge in [-0.15, -0.1) is 0 Å². The molecule has 0 saturated carbocycles. The molecule has 1 saturated heterocycles. The molecule has 1 heterocycles. The Morgan fingerprint density at radius 3 is 2.26 bits per heavy atom. The molecule has 1 N–H and O–H groups in total. The number of hydrogen-bond acceptors (Lipinski definition) is 3. The van der Waals surface area contributed by atoms with E-state index < -0.39 is 32.9 Å². The molecular formula is C12H14F3NO2S. The van der Waals surface area contributed by atoms with Crippen LogP contribution in [0.4, 0.5) is 13.2 Å². The summed E-state index contributed by atoms with van der Waals surface area (Å²) >= 11 is 0. The molecule has 0 amide bonds. The van der Waals surface area contributed by atoms with E-state index in [0.717, 1.165) is 12.1 Å². The average Bonchev–Trinajstić information content (AvgIpc) is 2.32. The zero-order valence-corrected chi connectivity index (χ0v) is 11.1. The minimum atomic E-state index is -4.38. The molecule has 106 valence electrons. The Labute approximate surface area is 109 Å². The van der Waals surface area contributed by atoms with Crippen LogP contribution in [0.15, 0.2) is 24.3 Å². The monoisotopic (exact) mass is 293 g/mol. The van der Waals surface area contributed by atoms with Gasteiger partial charge in [-0.1, -0.05) is 12.1 Å². The average molecular weight is 293 g/mol. The second kappa shape index (κ2) is 4.79. The van der Waals surface area contributed by atoms with Crippen molar-refractivity contribution in [3.8, 4) is 0 Å². The third kappa shape index (κ3) is 3.09. The van der Waals surface area contributed by atoms with Crippen LogP contribution in [0.3, 0.4) is 0 Å². The van der Waals surface area contributed by atoms with Crippen molar-refractivity contribution in [2.75, 3.05) is 12.3 Å². The van der Waals surface area contributed by atoms with Crippen LogP contribution in [0, 0.1) is 0 Å². The van der Waals surface area contributed by atoms with Crippen LogP contribution in [-0.4, -0.2) is 26.0 Å². The van der Waals surface area contributed by atoms with Crippen LogP contribution in [0.5, 0.6) is 0 Å². The summed E-state index contributed by atoms with van der Waals surface area (Å²) in [7, 11) is -3.18. The Kier molecular flexibility index (Phi) is 3.61.